The van der Waals surface area contributed by atoms with E-state index in [9.17, 15) is 0 Å². The van der Waals surface area contributed by atoms with Crippen LogP contribution in [0.2, 0.25) is 0 Å². The van der Waals surface area contributed by atoms with Gasteiger partial charge < -0.3 is 4.90 Å². The highest BCUT2D eigenvalue weighted by Gasteiger charge is 2.28. The van der Waals surface area contributed by atoms with Gasteiger partial charge in [-0.25, -0.2) is 0 Å². The Morgan fingerprint density at radius 3 is 3.10 bits per heavy atom. The van der Waals surface area contributed by atoms with Crippen molar-refractivity contribution >= 4 is 6.21 Å². The summed E-state index contributed by atoms with van der Waals surface area (Å²) in [5.41, 5.74) is 2.71. The first kappa shape index (κ1) is 5.71. The third-order valence-corrected chi connectivity index (χ3v) is 2.24. The van der Waals surface area contributed by atoms with Crippen LogP contribution in [0.15, 0.2) is 28.7 Å². The quantitative estimate of drug-likeness (QED) is 0.490. The average molecular weight is 134 g/mol. The van der Waals surface area contributed by atoms with E-state index in [1.807, 2.05) is 18.6 Å². The lowest BCUT2D eigenvalue weighted by atomic mass is 9.97. The van der Waals surface area contributed by atoms with E-state index in [1.165, 1.54) is 11.3 Å². The topological polar surface area (TPSA) is 15.6 Å². The highest BCUT2D eigenvalue weighted by Crippen LogP contribution is 2.30. The Kier molecular flexibility index (Phi) is 0.982. The summed E-state index contributed by atoms with van der Waals surface area (Å²) in [5, 5.41) is 0. The molecular weight excluding hydrogens is 124 g/mol. The molecule has 0 aromatic carbocycles. The van der Waals surface area contributed by atoms with Gasteiger partial charge in [-0.2, -0.15) is 0 Å². The zero-order valence-corrected chi connectivity index (χ0v) is 6.20. The molecule has 0 amide bonds. The lowest BCUT2D eigenvalue weighted by Crippen LogP contribution is -2.41. The second-order valence-electron chi connectivity index (χ2n) is 2.73. The monoisotopic (exact) mass is 134 g/mol. The molecule has 0 bridgehead atoms. The molecule has 0 radical (unpaired) electrons. The van der Waals surface area contributed by atoms with Crippen molar-refractivity contribution in [1.82, 2.24) is 4.90 Å². The molecule has 0 N–H and O–H groups in total. The van der Waals surface area contributed by atoms with Gasteiger partial charge in [-0.15, -0.1) is 0 Å². The average Bonchev–Trinajstić information content (AvgIpc) is 2.03. The van der Waals surface area contributed by atoms with Crippen LogP contribution in [0.25, 0.3) is 0 Å². The van der Waals surface area contributed by atoms with E-state index in [0.29, 0.717) is 6.04 Å². The van der Waals surface area contributed by atoms with Crippen molar-refractivity contribution in [1.29, 1.82) is 0 Å². The minimum absolute atomic E-state index is 0.581. The van der Waals surface area contributed by atoms with Gasteiger partial charge in [-0.3, -0.25) is 4.99 Å². The molecule has 0 saturated heterocycles. The Labute approximate surface area is 60.6 Å². The fourth-order valence-corrected chi connectivity index (χ4v) is 1.37. The van der Waals surface area contributed by atoms with Crippen LogP contribution in [0.5, 0.6) is 0 Å². The number of hydrogen-bond acceptors (Lipinski definition) is 2. The first-order valence-electron chi connectivity index (χ1n) is 3.49. The van der Waals surface area contributed by atoms with Gasteiger partial charge in [-0.1, -0.05) is 0 Å². The Balaban J connectivity index is 2.40. The van der Waals surface area contributed by atoms with E-state index in [1.54, 1.807) is 0 Å². The molecule has 52 valence electrons. The molecule has 1 atom stereocenters. The Hall–Kier alpha value is -1.05. The van der Waals surface area contributed by atoms with Crippen molar-refractivity contribution in [2.75, 3.05) is 0 Å². The second kappa shape index (κ2) is 1.72. The molecule has 2 heterocycles. The molecule has 0 aromatic heterocycles. The SMILES string of the molecule is CC1=C2C=NC=CN2C1C. The zero-order valence-electron chi connectivity index (χ0n) is 6.20. The molecular formula is C8H10N2. The molecule has 2 rings (SSSR count). The van der Waals surface area contributed by atoms with Crippen LogP contribution in [-0.4, -0.2) is 17.2 Å². The Morgan fingerprint density at radius 1 is 1.60 bits per heavy atom. The summed E-state index contributed by atoms with van der Waals surface area (Å²) < 4.78 is 0. The van der Waals surface area contributed by atoms with E-state index in [-0.39, 0.29) is 0 Å². The van der Waals surface area contributed by atoms with E-state index in [4.69, 9.17) is 0 Å². The highest BCUT2D eigenvalue weighted by molar-refractivity contribution is 5.83. The number of allylic oxidation sites excluding steroid dienone is 1. The fraction of sp³-hybridized carbons (Fsp3) is 0.375. The summed E-state index contributed by atoms with van der Waals surface area (Å²) in [6.45, 7) is 4.35. The minimum atomic E-state index is 0.581. The molecule has 2 aliphatic rings. The summed E-state index contributed by atoms with van der Waals surface area (Å²) in [5.74, 6) is 0. The maximum Gasteiger partial charge on any atom is 0.0607 e. The molecule has 0 aliphatic carbocycles. The van der Waals surface area contributed by atoms with Crippen molar-refractivity contribution in [2.24, 2.45) is 4.99 Å². The largest absolute Gasteiger partial charge is 0.338 e. The second-order valence-corrected chi connectivity index (χ2v) is 2.73. The van der Waals surface area contributed by atoms with Crippen LogP contribution >= 0.6 is 0 Å². The summed E-state index contributed by atoms with van der Waals surface area (Å²) in [7, 11) is 0. The van der Waals surface area contributed by atoms with Gasteiger partial charge in [0.25, 0.3) is 0 Å². The molecule has 10 heavy (non-hydrogen) atoms. The van der Waals surface area contributed by atoms with Crippen molar-refractivity contribution < 1.29 is 0 Å². The predicted molar refractivity (Wildman–Crippen MR) is 41.6 cm³/mol. The van der Waals surface area contributed by atoms with Gasteiger partial charge in [-0.05, 0) is 19.4 Å². The van der Waals surface area contributed by atoms with Crippen LogP contribution in [0.1, 0.15) is 13.8 Å². The molecule has 2 heteroatoms. The van der Waals surface area contributed by atoms with Crippen molar-refractivity contribution in [3.05, 3.63) is 23.7 Å². The summed E-state index contributed by atoms with van der Waals surface area (Å²) in [6.07, 6.45) is 5.76. The maximum absolute atomic E-state index is 4.04. The Morgan fingerprint density at radius 2 is 2.40 bits per heavy atom. The maximum atomic E-state index is 4.04. The van der Waals surface area contributed by atoms with Gasteiger partial charge in [0.15, 0.2) is 0 Å². The molecule has 0 fully saturated rings. The summed E-state index contributed by atoms with van der Waals surface area (Å²) in [6, 6.07) is 0.581. The van der Waals surface area contributed by atoms with Crippen LogP contribution in [0, 0.1) is 0 Å². The Bertz CT molecular complexity index is 248. The number of aliphatic imine (C=N–C) groups is 1. The number of rotatable bonds is 0. The van der Waals surface area contributed by atoms with Crippen LogP contribution in [0.3, 0.4) is 0 Å². The number of nitrogens with zero attached hydrogens (tertiary/aromatic N) is 2. The number of hydrogen-bond donors (Lipinski definition) is 0. The molecule has 0 spiro atoms. The first-order chi connectivity index (χ1) is 4.80. The lowest BCUT2D eigenvalue weighted by Gasteiger charge is -2.41. The first-order valence-corrected chi connectivity index (χ1v) is 3.49. The van der Waals surface area contributed by atoms with Crippen LogP contribution < -0.4 is 0 Å². The summed E-state index contributed by atoms with van der Waals surface area (Å²) >= 11 is 0. The molecule has 0 aromatic rings. The van der Waals surface area contributed by atoms with Crippen LogP contribution in [-0.2, 0) is 0 Å². The minimum Gasteiger partial charge on any atom is -0.338 e. The van der Waals surface area contributed by atoms with E-state index in [0.717, 1.165) is 0 Å². The fourth-order valence-electron chi connectivity index (χ4n) is 1.37. The van der Waals surface area contributed by atoms with E-state index < -0.39 is 0 Å². The van der Waals surface area contributed by atoms with Crippen molar-refractivity contribution in [3.8, 4) is 0 Å². The smallest absolute Gasteiger partial charge is 0.0607 e. The van der Waals surface area contributed by atoms with Gasteiger partial charge >= 0.3 is 0 Å². The van der Waals surface area contributed by atoms with Crippen molar-refractivity contribution in [2.45, 2.75) is 19.9 Å². The van der Waals surface area contributed by atoms with Gasteiger partial charge in [0.2, 0.25) is 0 Å². The van der Waals surface area contributed by atoms with Gasteiger partial charge in [0.05, 0.1) is 18.0 Å². The lowest BCUT2D eigenvalue weighted by molar-refractivity contribution is 0.349. The third-order valence-electron chi connectivity index (χ3n) is 2.24. The highest BCUT2D eigenvalue weighted by atomic mass is 15.2. The van der Waals surface area contributed by atoms with E-state index in [2.05, 4.69) is 23.7 Å². The molecule has 0 saturated carbocycles. The van der Waals surface area contributed by atoms with Gasteiger partial charge in [0.1, 0.15) is 0 Å². The van der Waals surface area contributed by atoms with Crippen molar-refractivity contribution in [3.63, 3.8) is 0 Å². The molecule has 2 aliphatic heterocycles. The normalized spacial score (nSPS) is 28.6. The van der Waals surface area contributed by atoms with Gasteiger partial charge in [0, 0.05) is 12.4 Å². The van der Waals surface area contributed by atoms with E-state index >= 15 is 0 Å². The molecule has 2 nitrogen and oxygen atoms in total. The third kappa shape index (κ3) is 0.511. The summed E-state index contributed by atoms with van der Waals surface area (Å²) in [4.78, 5) is 6.26. The zero-order chi connectivity index (χ0) is 7.14. The number of fused-ring (bicyclic) bond motifs is 1. The predicted octanol–water partition coefficient (Wildman–Crippen LogP) is 1.52. The molecule has 1 unspecified atom stereocenters. The standard InChI is InChI=1S/C8H10N2/c1-6-7(2)10-4-3-9-5-8(6)10/h3-5,7H,1-2H3. The van der Waals surface area contributed by atoms with Crippen LogP contribution in [0.4, 0.5) is 0 Å².